The molecule has 202 valence electrons. The Labute approximate surface area is 215 Å². The van der Waals surface area contributed by atoms with Crippen molar-refractivity contribution < 1.29 is 32.5 Å². The zero-order valence-electron chi connectivity index (χ0n) is 22.2. The molecular formula is C27H34F3N3O4. The number of aliphatic hydroxyl groups is 1. The van der Waals surface area contributed by atoms with E-state index in [1.54, 1.807) is 33.1 Å². The van der Waals surface area contributed by atoms with Gasteiger partial charge in [-0.15, -0.1) is 0 Å². The fourth-order valence-corrected chi connectivity index (χ4v) is 3.80. The molecule has 0 fully saturated rings. The van der Waals surface area contributed by atoms with Gasteiger partial charge in [-0.1, -0.05) is 12.1 Å². The second-order valence-electron chi connectivity index (χ2n) is 9.65. The molecule has 3 aromatic rings. The summed E-state index contributed by atoms with van der Waals surface area (Å²) >= 11 is 0. The van der Waals surface area contributed by atoms with Crippen LogP contribution in [0.3, 0.4) is 0 Å². The lowest BCUT2D eigenvalue weighted by atomic mass is 9.91. The van der Waals surface area contributed by atoms with Crippen LogP contribution in [0.15, 0.2) is 30.3 Å². The molecule has 10 heteroatoms. The van der Waals surface area contributed by atoms with Crippen LogP contribution in [0.2, 0.25) is 0 Å². The SMILES string of the molecule is COCCOc1cc2c(NC(C)c3cccc(C(F)(F)C(C)(C)O)c3F)nc(C)nc2cc1OC(C)C. The third kappa shape index (κ3) is 6.24. The average Bonchev–Trinajstić information content (AvgIpc) is 2.78. The summed E-state index contributed by atoms with van der Waals surface area (Å²) in [5, 5.41) is 13.7. The van der Waals surface area contributed by atoms with E-state index in [1.165, 1.54) is 12.1 Å². The predicted molar refractivity (Wildman–Crippen MR) is 136 cm³/mol. The van der Waals surface area contributed by atoms with Gasteiger partial charge in [-0.2, -0.15) is 8.78 Å². The highest BCUT2D eigenvalue weighted by Gasteiger charge is 2.49. The first kappa shape index (κ1) is 28.5. The molecule has 2 aromatic carbocycles. The summed E-state index contributed by atoms with van der Waals surface area (Å²) in [6, 6.07) is 6.46. The van der Waals surface area contributed by atoms with E-state index in [0.717, 1.165) is 19.9 Å². The number of alkyl halides is 2. The number of hydrogen-bond donors (Lipinski definition) is 2. The van der Waals surface area contributed by atoms with Gasteiger partial charge >= 0.3 is 5.92 Å². The third-order valence-electron chi connectivity index (χ3n) is 5.74. The van der Waals surface area contributed by atoms with Gasteiger partial charge in [-0.3, -0.25) is 0 Å². The number of halogens is 3. The van der Waals surface area contributed by atoms with E-state index in [4.69, 9.17) is 14.2 Å². The molecule has 7 nitrogen and oxygen atoms in total. The lowest BCUT2D eigenvalue weighted by Gasteiger charge is -2.30. The van der Waals surface area contributed by atoms with E-state index < -0.39 is 28.9 Å². The Morgan fingerprint density at radius 2 is 1.76 bits per heavy atom. The first-order chi connectivity index (χ1) is 17.3. The van der Waals surface area contributed by atoms with Crippen molar-refractivity contribution in [2.75, 3.05) is 25.6 Å². The average molecular weight is 522 g/mol. The Balaban J connectivity index is 2.05. The summed E-state index contributed by atoms with van der Waals surface area (Å²) in [6.07, 6.45) is -0.111. The second kappa shape index (κ2) is 11.1. The van der Waals surface area contributed by atoms with Crippen LogP contribution < -0.4 is 14.8 Å². The van der Waals surface area contributed by atoms with E-state index in [2.05, 4.69) is 15.3 Å². The maximum Gasteiger partial charge on any atom is 0.303 e. The molecule has 37 heavy (non-hydrogen) atoms. The number of fused-ring (bicyclic) bond motifs is 1. The van der Waals surface area contributed by atoms with Crippen LogP contribution in [0.5, 0.6) is 11.5 Å². The molecule has 0 amide bonds. The Morgan fingerprint density at radius 3 is 2.38 bits per heavy atom. The second-order valence-corrected chi connectivity index (χ2v) is 9.65. The van der Waals surface area contributed by atoms with Crippen LogP contribution in [-0.4, -0.2) is 47.1 Å². The van der Waals surface area contributed by atoms with E-state index in [-0.39, 0.29) is 18.3 Å². The molecule has 0 saturated carbocycles. The minimum absolute atomic E-state index is 0.00201. The Hall–Kier alpha value is -3.11. The summed E-state index contributed by atoms with van der Waals surface area (Å²) < 4.78 is 61.8. The van der Waals surface area contributed by atoms with E-state index in [1.807, 2.05) is 13.8 Å². The van der Waals surface area contributed by atoms with Crippen molar-refractivity contribution in [1.29, 1.82) is 0 Å². The monoisotopic (exact) mass is 521 g/mol. The van der Waals surface area contributed by atoms with Crippen LogP contribution in [-0.2, 0) is 10.7 Å². The van der Waals surface area contributed by atoms with Gasteiger partial charge in [0.05, 0.1) is 29.8 Å². The van der Waals surface area contributed by atoms with Crippen LogP contribution in [0, 0.1) is 12.7 Å². The number of anilines is 1. The van der Waals surface area contributed by atoms with Crippen molar-refractivity contribution in [3.05, 3.63) is 53.1 Å². The van der Waals surface area contributed by atoms with Gasteiger partial charge in [0.25, 0.3) is 0 Å². The lowest BCUT2D eigenvalue weighted by molar-refractivity contribution is -0.170. The van der Waals surface area contributed by atoms with Gasteiger partial charge in [0.1, 0.15) is 29.7 Å². The van der Waals surface area contributed by atoms with Crippen LogP contribution in [0.4, 0.5) is 19.0 Å². The fraction of sp³-hybridized carbons (Fsp3) is 0.481. The number of nitrogens with zero attached hydrogens (tertiary/aromatic N) is 2. The summed E-state index contributed by atoms with van der Waals surface area (Å²) in [4.78, 5) is 8.98. The zero-order chi connectivity index (χ0) is 27.5. The van der Waals surface area contributed by atoms with Gasteiger partial charge in [0.15, 0.2) is 11.5 Å². The van der Waals surface area contributed by atoms with Gasteiger partial charge in [-0.05, 0) is 53.7 Å². The Bertz CT molecular complexity index is 1250. The van der Waals surface area contributed by atoms with Crippen LogP contribution in [0.25, 0.3) is 10.9 Å². The van der Waals surface area contributed by atoms with Gasteiger partial charge in [0.2, 0.25) is 0 Å². The first-order valence-corrected chi connectivity index (χ1v) is 12.0. The molecule has 0 aliphatic heterocycles. The molecule has 0 bridgehead atoms. The maximum atomic E-state index is 15.3. The summed E-state index contributed by atoms with van der Waals surface area (Å²) in [6.45, 7) is 9.69. The largest absolute Gasteiger partial charge is 0.487 e. The molecule has 2 N–H and O–H groups in total. The van der Waals surface area contributed by atoms with Crippen LogP contribution in [0.1, 0.15) is 57.6 Å². The first-order valence-electron chi connectivity index (χ1n) is 12.0. The predicted octanol–water partition coefficient (Wildman–Crippen LogP) is 5.93. The lowest BCUT2D eigenvalue weighted by Crippen LogP contribution is -2.41. The number of aryl methyl sites for hydroxylation is 1. The number of rotatable bonds is 11. The fourth-order valence-electron chi connectivity index (χ4n) is 3.80. The smallest absolute Gasteiger partial charge is 0.303 e. The summed E-state index contributed by atoms with van der Waals surface area (Å²) in [7, 11) is 1.57. The Kier molecular flexibility index (Phi) is 8.54. The topological polar surface area (TPSA) is 85.7 Å². The number of nitrogens with one attached hydrogen (secondary N) is 1. The molecule has 0 saturated heterocycles. The highest BCUT2D eigenvalue weighted by molar-refractivity contribution is 5.92. The van der Waals surface area contributed by atoms with Gasteiger partial charge < -0.3 is 24.6 Å². The number of hydrogen-bond acceptors (Lipinski definition) is 7. The molecule has 0 spiro atoms. The number of benzene rings is 2. The van der Waals surface area contributed by atoms with E-state index in [0.29, 0.717) is 40.7 Å². The van der Waals surface area contributed by atoms with Crippen LogP contribution >= 0.6 is 0 Å². The molecule has 1 unspecified atom stereocenters. The molecule has 0 aliphatic rings. The minimum atomic E-state index is -3.80. The molecule has 0 aliphatic carbocycles. The molecule has 0 radical (unpaired) electrons. The highest BCUT2D eigenvalue weighted by Crippen LogP contribution is 2.42. The van der Waals surface area contributed by atoms with Crippen molar-refractivity contribution in [2.45, 2.75) is 65.2 Å². The summed E-state index contributed by atoms with van der Waals surface area (Å²) in [5.74, 6) is -3.11. The normalized spacial score (nSPS) is 13.2. The maximum absolute atomic E-state index is 15.3. The third-order valence-corrected chi connectivity index (χ3v) is 5.74. The van der Waals surface area contributed by atoms with Crippen molar-refractivity contribution >= 4 is 16.7 Å². The number of aromatic nitrogens is 2. The molecule has 1 aromatic heterocycles. The standard InChI is InChI=1S/C27H34F3N3O4/c1-15(2)37-23-14-21-19(13-22(23)36-12-11-35-7)25(33-17(4)32-21)31-16(3)18-9-8-10-20(24(18)28)27(29,30)26(5,6)34/h8-10,13-16,34H,11-12H2,1-7H3,(H,31,32,33). The van der Waals surface area contributed by atoms with Gasteiger partial charge in [0, 0.05) is 24.1 Å². The summed E-state index contributed by atoms with van der Waals surface area (Å²) in [5.41, 5.74) is -2.75. The van der Waals surface area contributed by atoms with Crippen molar-refractivity contribution in [3.63, 3.8) is 0 Å². The molecule has 1 atom stereocenters. The van der Waals surface area contributed by atoms with Crippen molar-refractivity contribution in [1.82, 2.24) is 9.97 Å². The molecular weight excluding hydrogens is 487 g/mol. The quantitative estimate of drug-likeness (QED) is 0.303. The molecule has 3 rings (SSSR count). The Morgan fingerprint density at radius 1 is 1.05 bits per heavy atom. The van der Waals surface area contributed by atoms with E-state index >= 15 is 4.39 Å². The molecule has 1 heterocycles. The van der Waals surface area contributed by atoms with Gasteiger partial charge in [-0.25, -0.2) is 14.4 Å². The zero-order valence-corrected chi connectivity index (χ0v) is 22.2. The van der Waals surface area contributed by atoms with E-state index in [9.17, 15) is 13.9 Å². The minimum Gasteiger partial charge on any atom is -0.487 e. The highest BCUT2D eigenvalue weighted by atomic mass is 19.3. The van der Waals surface area contributed by atoms with Crippen molar-refractivity contribution in [2.24, 2.45) is 0 Å². The number of ether oxygens (including phenoxy) is 3. The number of methoxy groups -OCH3 is 1. The van der Waals surface area contributed by atoms with Crippen molar-refractivity contribution in [3.8, 4) is 11.5 Å².